The zero-order valence-corrected chi connectivity index (χ0v) is 14.9. The van der Waals surface area contributed by atoms with Gasteiger partial charge in [0.2, 0.25) is 5.82 Å². The summed E-state index contributed by atoms with van der Waals surface area (Å²) in [6, 6.07) is 15.8. The first-order valence-corrected chi connectivity index (χ1v) is 9.21. The van der Waals surface area contributed by atoms with E-state index < -0.39 is 0 Å². The van der Waals surface area contributed by atoms with Gasteiger partial charge in [-0.1, -0.05) is 28.7 Å². The van der Waals surface area contributed by atoms with Gasteiger partial charge in [0.1, 0.15) is 5.52 Å². The summed E-state index contributed by atoms with van der Waals surface area (Å²) < 4.78 is 8.06. The largest absolute Gasteiger partial charge is 0.375 e. The van der Waals surface area contributed by atoms with Gasteiger partial charge < -0.3 is 4.74 Å². The van der Waals surface area contributed by atoms with Crippen molar-refractivity contribution in [1.29, 1.82) is 0 Å². The molecule has 130 valence electrons. The number of hydrogen-bond acceptors (Lipinski definition) is 3. The molecule has 0 amide bonds. The van der Waals surface area contributed by atoms with E-state index in [9.17, 15) is 0 Å². The van der Waals surface area contributed by atoms with Crippen molar-refractivity contribution in [2.75, 3.05) is 6.61 Å². The lowest BCUT2D eigenvalue weighted by molar-refractivity contribution is -0.669. The highest BCUT2D eigenvalue weighted by molar-refractivity contribution is 6.30. The van der Waals surface area contributed by atoms with Crippen LogP contribution in [0.15, 0.2) is 48.5 Å². The average Bonchev–Trinajstić information content (AvgIpc) is 3.29. The van der Waals surface area contributed by atoms with E-state index in [4.69, 9.17) is 26.3 Å². The van der Waals surface area contributed by atoms with Crippen molar-refractivity contribution in [3.05, 3.63) is 53.6 Å². The van der Waals surface area contributed by atoms with Crippen molar-refractivity contribution in [1.82, 2.24) is 15.0 Å². The van der Waals surface area contributed by atoms with Gasteiger partial charge >= 0.3 is 5.65 Å². The Hall–Kier alpha value is -2.50. The van der Waals surface area contributed by atoms with Gasteiger partial charge in [-0.25, -0.2) is 9.55 Å². The molecule has 1 aliphatic heterocycles. The van der Waals surface area contributed by atoms with Gasteiger partial charge in [-0.2, -0.15) is 0 Å². The molecule has 5 nitrogen and oxygen atoms in total. The number of imidazole rings is 1. The van der Waals surface area contributed by atoms with Gasteiger partial charge in [0.15, 0.2) is 5.52 Å². The maximum atomic E-state index is 6.06. The maximum Gasteiger partial charge on any atom is 0.323 e. The third-order valence-electron chi connectivity index (χ3n) is 4.84. The number of nitrogens with zero attached hydrogens (tertiary/aromatic N) is 3. The van der Waals surface area contributed by atoms with E-state index in [1.807, 2.05) is 48.5 Å². The lowest BCUT2D eigenvalue weighted by Gasteiger charge is -2.09. The summed E-state index contributed by atoms with van der Waals surface area (Å²) in [6.07, 6.45) is 2.39. The molecule has 26 heavy (non-hydrogen) atoms. The molecule has 2 aromatic heterocycles. The van der Waals surface area contributed by atoms with Gasteiger partial charge in [-0.05, 0) is 49.2 Å². The molecule has 3 heterocycles. The number of rotatable bonds is 3. The van der Waals surface area contributed by atoms with E-state index in [1.54, 1.807) is 0 Å². The molecule has 1 fully saturated rings. The van der Waals surface area contributed by atoms with E-state index in [2.05, 4.69) is 9.55 Å². The minimum atomic E-state index is 0.207. The molecular weight excluding hydrogens is 348 g/mol. The quantitative estimate of drug-likeness (QED) is 0.560. The van der Waals surface area contributed by atoms with Crippen LogP contribution in [0.1, 0.15) is 12.8 Å². The molecule has 0 radical (unpaired) electrons. The fraction of sp³-hybridized carbons (Fsp3) is 0.250. The van der Waals surface area contributed by atoms with Crippen LogP contribution in [-0.2, 0) is 11.3 Å². The monoisotopic (exact) mass is 365 g/mol. The Morgan fingerprint density at radius 1 is 1.08 bits per heavy atom. The molecule has 0 spiro atoms. The number of halogens is 1. The Labute approximate surface area is 155 Å². The summed E-state index contributed by atoms with van der Waals surface area (Å²) in [4.78, 5) is 13.1. The fourth-order valence-electron chi connectivity index (χ4n) is 3.55. The first kappa shape index (κ1) is 15.7. The van der Waals surface area contributed by atoms with Crippen molar-refractivity contribution in [2.45, 2.75) is 25.5 Å². The number of aromatic nitrogens is 4. The van der Waals surface area contributed by atoms with Gasteiger partial charge in [-0.15, -0.1) is 0 Å². The van der Waals surface area contributed by atoms with Crippen molar-refractivity contribution in [3.8, 4) is 11.4 Å². The highest BCUT2D eigenvalue weighted by Gasteiger charge is 2.27. The third kappa shape index (κ3) is 2.73. The molecular formula is C20H18ClN4O+. The second-order valence-electron chi connectivity index (χ2n) is 6.61. The second kappa shape index (κ2) is 6.34. The predicted octanol–water partition coefficient (Wildman–Crippen LogP) is 3.90. The van der Waals surface area contributed by atoms with E-state index in [0.29, 0.717) is 0 Å². The third-order valence-corrected chi connectivity index (χ3v) is 5.09. The van der Waals surface area contributed by atoms with Gasteiger partial charge in [-0.3, -0.25) is 4.98 Å². The number of para-hydroxylation sites is 2. The van der Waals surface area contributed by atoms with Crippen LogP contribution in [0.3, 0.4) is 0 Å². The number of nitrogens with one attached hydrogen (secondary N) is 1. The lowest BCUT2D eigenvalue weighted by atomic mass is 10.2. The van der Waals surface area contributed by atoms with E-state index in [-0.39, 0.29) is 6.10 Å². The van der Waals surface area contributed by atoms with Crippen molar-refractivity contribution >= 4 is 33.9 Å². The van der Waals surface area contributed by atoms with Crippen LogP contribution < -0.4 is 4.57 Å². The number of ether oxygens (including phenoxy) is 1. The van der Waals surface area contributed by atoms with Gasteiger partial charge in [0.25, 0.3) is 5.65 Å². The molecule has 6 heteroatoms. The molecule has 1 atom stereocenters. The molecule has 5 rings (SSSR count). The van der Waals surface area contributed by atoms with Crippen LogP contribution in [-0.4, -0.2) is 27.7 Å². The Bertz CT molecular complexity index is 1080. The number of H-pyrrole nitrogens is 1. The Kier molecular flexibility index (Phi) is 3.84. The van der Waals surface area contributed by atoms with Crippen LogP contribution in [0, 0.1) is 0 Å². The van der Waals surface area contributed by atoms with Crippen LogP contribution in [0.5, 0.6) is 0 Å². The standard InChI is InChI=1S/C20H17ClN4O/c21-14-9-7-13(8-10-14)19-24-18-20(25(19)12-15-4-3-11-26-15)23-17-6-2-1-5-16(17)22-18/h1-2,5-10,15H,3-4,11-12H2/p+1/t15-/m1/s1. The maximum absolute atomic E-state index is 6.06. The minimum Gasteiger partial charge on any atom is -0.375 e. The smallest absolute Gasteiger partial charge is 0.323 e. The van der Waals surface area contributed by atoms with Crippen molar-refractivity contribution in [2.24, 2.45) is 0 Å². The fourth-order valence-corrected chi connectivity index (χ4v) is 3.68. The van der Waals surface area contributed by atoms with Crippen LogP contribution in [0.25, 0.3) is 33.7 Å². The first-order chi connectivity index (χ1) is 12.8. The Morgan fingerprint density at radius 2 is 1.85 bits per heavy atom. The molecule has 0 aliphatic carbocycles. The molecule has 2 aromatic carbocycles. The van der Waals surface area contributed by atoms with Gasteiger partial charge in [0.05, 0.1) is 12.6 Å². The predicted molar refractivity (Wildman–Crippen MR) is 101 cm³/mol. The summed E-state index contributed by atoms with van der Waals surface area (Å²) >= 11 is 6.06. The topological polar surface area (TPSA) is 54.7 Å². The van der Waals surface area contributed by atoms with Crippen LogP contribution in [0.2, 0.25) is 5.02 Å². The first-order valence-electron chi connectivity index (χ1n) is 8.84. The Morgan fingerprint density at radius 3 is 2.58 bits per heavy atom. The molecule has 0 bridgehead atoms. The average molecular weight is 366 g/mol. The summed E-state index contributed by atoms with van der Waals surface area (Å²) in [6.45, 7) is 1.59. The highest BCUT2D eigenvalue weighted by Crippen LogP contribution is 2.22. The number of fused-ring (bicyclic) bond motifs is 2. The number of hydrogen-bond donors (Lipinski definition) is 1. The van der Waals surface area contributed by atoms with Crippen LogP contribution >= 0.6 is 11.6 Å². The second-order valence-corrected chi connectivity index (χ2v) is 7.05. The van der Waals surface area contributed by atoms with E-state index in [0.717, 1.165) is 64.7 Å². The number of aromatic amines is 1. The van der Waals surface area contributed by atoms with E-state index >= 15 is 0 Å². The summed E-state index contributed by atoms with van der Waals surface area (Å²) in [7, 11) is 0. The van der Waals surface area contributed by atoms with Crippen molar-refractivity contribution < 1.29 is 9.30 Å². The number of benzene rings is 2. The minimum absolute atomic E-state index is 0.207. The Balaban J connectivity index is 1.72. The lowest BCUT2D eigenvalue weighted by Crippen LogP contribution is -2.41. The SMILES string of the molecule is Clc1ccc(-c2[nH]c3nc4ccccc4nc3[n+]2C[C@H]2CCCO2)cc1. The van der Waals surface area contributed by atoms with Gasteiger partial charge in [0, 0.05) is 17.2 Å². The zero-order valence-electron chi connectivity index (χ0n) is 14.2. The molecule has 1 N–H and O–H groups in total. The molecule has 1 aliphatic rings. The van der Waals surface area contributed by atoms with Crippen LogP contribution in [0.4, 0.5) is 0 Å². The molecule has 0 unspecified atom stereocenters. The summed E-state index contributed by atoms with van der Waals surface area (Å²) in [5.41, 5.74) is 4.46. The van der Waals surface area contributed by atoms with E-state index in [1.165, 1.54) is 0 Å². The zero-order chi connectivity index (χ0) is 17.5. The summed E-state index contributed by atoms with van der Waals surface area (Å²) in [5, 5.41) is 0.720. The normalized spacial score (nSPS) is 17.3. The molecule has 1 saturated heterocycles. The molecule has 4 aromatic rings. The highest BCUT2D eigenvalue weighted by atomic mass is 35.5. The summed E-state index contributed by atoms with van der Waals surface area (Å²) in [5.74, 6) is 0.975. The van der Waals surface area contributed by atoms with Crippen molar-refractivity contribution in [3.63, 3.8) is 0 Å². The molecule has 0 saturated carbocycles.